The molecule has 2 fully saturated rings. The lowest BCUT2D eigenvalue weighted by atomic mass is 9.90. The van der Waals surface area contributed by atoms with Crippen LogP contribution < -0.4 is 10.8 Å². The number of carbonyl (C=O) groups excluding carboxylic acids is 1. The Bertz CT molecular complexity index is 267. The lowest BCUT2D eigenvalue weighted by Gasteiger charge is -2.30. The maximum Gasteiger partial charge on any atom is 0.230 e. The summed E-state index contributed by atoms with van der Waals surface area (Å²) in [5.74, 6) is -1.08. The van der Waals surface area contributed by atoms with Crippen LogP contribution in [0.25, 0.3) is 0 Å². The van der Waals surface area contributed by atoms with Gasteiger partial charge >= 0.3 is 0 Å². The van der Waals surface area contributed by atoms with Gasteiger partial charge in [-0.1, -0.05) is 12.8 Å². The fourth-order valence-electron chi connectivity index (χ4n) is 3.30. The number of aliphatic carboxylic acids is 1. The molecular weight excluding hydrogens is 240 g/mol. The van der Waals surface area contributed by atoms with Crippen LogP contribution in [0, 0.1) is 0 Å². The van der Waals surface area contributed by atoms with Crippen molar-refractivity contribution < 1.29 is 14.5 Å². The highest BCUT2D eigenvalue weighted by atomic mass is 16.4. The fraction of sp³-hybridized carbons (Fsp3) is 0.867. The number of carboxylic acids is 1. The summed E-state index contributed by atoms with van der Waals surface area (Å²) in [5.41, 5.74) is 5.84. The van der Waals surface area contributed by atoms with Crippen molar-refractivity contribution in [2.45, 2.75) is 83.2 Å². The molecule has 4 heteroatoms. The van der Waals surface area contributed by atoms with E-state index in [-0.39, 0.29) is 0 Å². The third-order valence-electron chi connectivity index (χ3n) is 4.16. The normalized spacial score (nSPS) is 21.1. The second-order valence-corrected chi connectivity index (χ2v) is 5.67. The van der Waals surface area contributed by atoms with Gasteiger partial charge in [0, 0.05) is 5.97 Å². The van der Waals surface area contributed by atoms with E-state index in [0.717, 1.165) is 19.0 Å². The van der Waals surface area contributed by atoms with Crippen molar-refractivity contribution in [1.82, 2.24) is 0 Å². The standard InChI is InChI=1S/C13H24N2.C2H4O2/c14-11-15(12-7-3-1-4-8-12)13-9-5-2-6-10-13;1-2(3)4/h11-14H,1-10H2;1H3,(H,3,4). The van der Waals surface area contributed by atoms with Crippen LogP contribution in [0.3, 0.4) is 0 Å². The molecule has 0 saturated heterocycles. The Balaban J connectivity index is 0.000000399. The van der Waals surface area contributed by atoms with Gasteiger partial charge < -0.3 is 9.90 Å². The van der Waals surface area contributed by atoms with E-state index in [1.807, 2.05) is 6.34 Å². The first-order chi connectivity index (χ1) is 9.15. The Morgan fingerprint density at radius 3 is 1.58 bits per heavy atom. The molecule has 2 aliphatic carbocycles. The summed E-state index contributed by atoms with van der Waals surface area (Å²) in [6, 6.07) is 1.51. The predicted molar refractivity (Wildman–Crippen MR) is 74.9 cm³/mol. The Morgan fingerprint density at radius 2 is 1.32 bits per heavy atom. The highest BCUT2D eigenvalue weighted by molar-refractivity contribution is 5.60. The summed E-state index contributed by atoms with van der Waals surface area (Å²) in [6.45, 7) is 0.972. The number of hydrogen-bond acceptors (Lipinski definition) is 2. The van der Waals surface area contributed by atoms with Crippen molar-refractivity contribution in [1.29, 1.82) is 0 Å². The highest BCUT2D eigenvalue weighted by Crippen LogP contribution is 2.26. The van der Waals surface area contributed by atoms with E-state index in [1.54, 1.807) is 0 Å². The lowest BCUT2D eigenvalue weighted by molar-refractivity contribution is -0.604. The zero-order chi connectivity index (χ0) is 14.1. The SMILES string of the molecule is CC(=O)[O-].NC=[N+](C1CCCCC1)C1CCCCC1. The van der Waals surface area contributed by atoms with Crippen molar-refractivity contribution in [3.05, 3.63) is 0 Å². The largest absolute Gasteiger partial charge is 0.550 e. The van der Waals surface area contributed by atoms with E-state index in [4.69, 9.17) is 15.6 Å². The van der Waals surface area contributed by atoms with Crippen molar-refractivity contribution in [3.8, 4) is 0 Å². The fourth-order valence-corrected chi connectivity index (χ4v) is 3.30. The van der Waals surface area contributed by atoms with Crippen LogP contribution in [-0.4, -0.2) is 29.0 Å². The van der Waals surface area contributed by atoms with E-state index in [1.165, 1.54) is 64.2 Å². The van der Waals surface area contributed by atoms with Gasteiger partial charge in [-0.15, -0.1) is 0 Å². The maximum atomic E-state index is 8.89. The first-order valence-corrected chi connectivity index (χ1v) is 7.65. The summed E-state index contributed by atoms with van der Waals surface area (Å²) in [5, 5.41) is 8.89. The summed E-state index contributed by atoms with van der Waals surface area (Å²) in [4.78, 5) is 8.89. The van der Waals surface area contributed by atoms with Gasteiger partial charge in [0.25, 0.3) is 0 Å². The van der Waals surface area contributed by atoms with Crippen LogP contribution in [0.5, 0.6) is 0 Å². The second-order valence-electron chi connectivity index (χ2n) is 5.67. The number of rotatable bonds is 2. The summed E-state index contributed by atoms with van der Waals surface area (Å²) in [7, 11) is 0. The zero-order valence-electron chi connectivity index (χ0n) is 12.1. The van der Waals surface area contributed by atoms with Crippen LogP contribution in [0.1, 0.15) is 71.1 Å². The first kappa shape index (κ1) is 16.0. The number of nitrogens with zero attached hydrogens (tertiary/aromatic N) is 1. The zero-order valence-corrected chi connectivity index (χ0v) is 12.1. The van der Waals surface area contributed by atoms with Gasteiger partial charge in [-0.3, -0.25) is 10.3 Å². The topological polar surface area (TPSA) is 69.2 Å². The van der Waals surface area contributed by atoms with Gasteiger partial charge in [0.1, 0.15) is 0 Å². The van der Waals surface area contributed by atoms with Crippen molar-refractivity contribution >= 4 is 12.3 Å². The smallest absolute Gasteiger partial charge is 0.230 e. The molecular formula is C15H28N2O2. The highest BCUT2D eigenvalue weighted by Gasteiger charge is 2.27. The molecule has 0 unspecified atom stereocenters. The van der Waals surface area contributed by atoms with E-state index >= 15 is 0 Å². The molecule has 2 saturated carbocycles. The molecule has 110 valence electrons. The van der Waals surface area contributed by atoms with Crippen molar-refractivity contribution in [2.75, 3.05) is 0 Å². The quantitative estimate of drug-likeness (QED) is 0.467. The Morgan fingerprint density at radius 1 is 1.00 bits per heavy atom. The molecule has 0 radical (unpaired) electrons. The van der Waals surface area contributed by atoms with Crippen LogP contribution >= 0.6 is 0 Å². The molecule has 0 aromatic heterocycles. The minimum absolute atomic E-state index is 0.756. The average molecular weight is 268 g/mol. The molecule has 2 aliphatic rings. The molecule has 0 aromatic rings. The van der Waals surface area contributed by atoms with E-state index in [2.05, 4.69) is 4.58 Å². The third-order valence-corrected chi connectivity index (χ3v) is 4.16. The maximum absolute atomic E-state index is 8.89. The van der Waals surface area contributed by atoms with Crippen LogP contribution in [0.2, 0.25) is 0 Å². The van der Waals surface area contributed by atoms with Gasteiger partial charge in [0.15, 0.2) is 0 Å². The molecule has 0 heterocycles. The van der Waals surface area contributed by atoms with Crippen molar-refractivity contribution in [2.24, 2.45) is 5.73 Å². The van der Waals surface area contributed by atoms with Gasteiger partial charge in [0.2, 0.25) is 6.34 Å². The van der Waals surface area contributed by atoms with E-state index in [9.17, 15) is 0 Å². The lowest BCUT2D eigenvalue weighted by Crippen LogP contribution is -2.40. The Kier molecular flexibility index (Phi) is 7.53. The number of carboxylic acid groups (broad SMARTS) is 1. The molecule has 19 heavy (non-hydrogen) atoms. The summed E-state index contributed by atoms with van der Waals surface area (Å²) >= 11 is 0. The number of nitrogens with two attached hydrogens (primary N) is 1. The summed E-state index contributed by atoms with van der Waals surface area (Å²) in [6.07, 6.45) is 15.8. The molecule has 0 atom stereocenters. The van der Waals surface area contributed by atoms with Crippen molar-refractivity contribution in [3.63, 3.8) is 0 Å². The number of hydrogen-bond donors (Lipinski definition) is 1. The Hall–Kier alpha value is -1.06. The molecule has 2 N–H and O–H groups in total. The summed E-state index contributed by atoms with van der Waals surface area (Å²) < 4.78 is 2.50. The van der Waals surface area contributed by atoms with Crippen LogP contribution in [0.4, 0.5) is 0 Å². The molecule has 0 aliphatic heterocycles. The van der Waals surface area contributed by atoms with Gasteiger partial charge in [-0.2, -0.15) is 0 Å². The van der Waals surface area contributed by atoms with Crippen LogP contribution in [0.15, 0.2) is 0 Å². The number of carbonyl (C=O) groups is 1. The van der Waals surface area contributed by atoms with E-state index < -0.39 is 5.97 Å². The molecule has 0 spiro atoms. The first-order valence-electron chi connectivity index (χ1n) is 7.65. The van der Waals surface area contributed by atoms with E-state index in [0.29, 0.717) is 0 Å². The minimum atomic E-state index is -1.08. The van der Waals surface area contributed by atoms with Gasteiger partial charge in [0.05, 0.1) is 12.1 Å². The van der Waals surface area contributed by atoms with Crippen LogP contribution in [-0.2, 0) is 4.79 Å². The molecule has 0 bridgehead atoms. The minimum Gasteiger partial charge on any atom is -0.550 e. The predicted octanol–water partition coefficient (Wildman–Crippen LogP) is 1.41. The molecule has 2 rings (SSSR count). The molecule has 0 aromatic carbocycles. The van der Waals surface area contributed by atoms with Gasteiger partial charge in [-0.05, 0) is 58.3 Å². The Labute approximate surface area is 116 Å². The monoisotopic (exact) mass is 268 g/mol. The molecule has 4 nitrogen and oxygen atoms in total. The molecule has 0 amide bonds. The van der Waals surface area contributed by atoms with Gasteiger partial charge in [-0.25, -0.2) is 0 Å². The third kappa shape index (κ3) is 6.08. The second kappa shape index (κ2) is 8.94. The average Bonchev–Trinajstić information content (AvgIpc) is 2.41.